The Hall–Kier alpha value is -2.34. The molecule has 0 spiro atoms. The summed E-state index contributed by atoms with van der Waals surface area (Å²) in [6, 6.07) is 6.68. The van der Waals surface area contributed by atoms with E-state index >= 15 is 0 Å². The van der Waals surface area contributed by atoms with Crippen LogP contribution in [-0.2, 0) is 13.0 Å². The highest BCUT2D eigenvalue weighted by atomic mass is 16.5. The maximum atomic E-state index is 11.5. The van der Waals surface area contributed by atoms with E-state index in [1.807, 2.05) is 13.0 Å². The molecule has 2 aromatic rings. The van der Waals surface area contributed by atoms with Crippen LogP contribution < -0.4 is 20.8 Å². The summed E-state index contributed by atoms with van der Waals surface area (Å²) in [5.41, 5.74) is 6.27. The quantitative estimate of drug-likeness (QED) is 0.864. The third-order valence-electron chi connectivity index (χ3n) is 2.78. The molecule has 6 nitrogen and oxygen atoms in total. The summed E-state index contributed by atoms with van der Waals surface area (Å²) in [5, 5.41) is 0. The molecule has 0 saturated carbocycles. The van der Waals surface area contributed by atoms with Gasteiger partial charge in [0.2, 0.25) is 5.88 Å². The number of benzene rings is 1. The monoisotopic (exact) mass is 275 g/mol. The van der Waals surface area contributed by atoms with E-state index in [9.17, 15) is 4.79 Å². The molecular weight excluding hydrogens is 258 g/mol. The van der Waals surface area contributed by atoms with Crippen LogP contribution in [0.2, 0.25) is 0 Å². The lowest BCUT2D eigenvalue weighted by Gasteiger charge is -2.11. The molecule has 106 valence electrons. The van der Waals surface area contributed by atoms with E-state index in [0.717, 1.165) is 5.56 Å². The normalized spacial score (nSPS) is 10.3. The maximum Gasteiger partial charge on any atom is 0.254 e. The van der Waals surface area contributed by atoms with Crippen molar-refractivity contribution >= 4 is 0 Å². The SMILES string of the molecule is CCc1nc(Oc2ccc(CN)cc2OC)cc(=O)[nH]1. The number of aromatic amines is 1. The smallest absolute Gasteiger partial charge is 0.254 e. The highest BCUT2D eigenvalue weighted by Crippen LogP contribution is 2.31. The minimum absolute atomic E-state index is 0.240. The standard InChI is InChI=1S/C14H17N3O3/c1-3-12-16-13(18)7-14(17-12)20-10-5-4-9(8-15)6-11(10)19-2/h4-7H,3,8,15H2,1-2H3,(H,16,17,18). The van der Waals surface area contributed by atoms with Crippen molar-refractivity contribution in [3.05, 3.63) is 46.0 Å². The molecular formula is C14H17N3O3. The van der Waals surface area contributed by atoms with E-state index in [0.29, 0.717) is 30.3 Å². The molecule has 1 aromatic carbocycles. The molecule has 0 bridgehead atoms. The molecule has 3 N–H and O–H groups in total. The van der Waals surface area contributed by atoms with Crippen molar-refractivity contribution in [3.63, 3.8) is 0 Å². The number of nitrogens with zero attached hydrogens (tertiary/aromatic N) is 1. The fourth-order valence-electron chi connectivity index (χ4n) is 1.74. The van der Waals surface area contributed by atoms with Crippen molar-refractivity contribution in [2.24, 2.45) is 5.73 Å². The van der Waals surface area contributed by atoms with Gasteiger partial charge in [-0.1, -0.05) is 13.0 Å². The molecule has 6 heteroatoms. The van der Waals surface area contributed by atoms with Gasteiger partial charge >= 0.3 is 0 Å². The number of aromatic nitrogens is 2. The fourth-order valence-corrected chi connectivity index (χ4v) is 1.74. The van der Waals surface area contributed by atoms with Crippen LogP contribution >= 0.6 is 0 Å². The van der Waals surface area contributed by atoms with E-state index in [2.05, 4.69) is 9.97 Å². The van der Waals surface area contributed by atoms with Crippen LogP contribution in [0.1, 0.15) is 18.3 Å². The summed E-state index contributed by atoms with van der Waals surface area (Å²) >= 11 is 0. The summed E-state index contributed by atoms with van der Waals surface area (Å²) in [7, 11) is 1.55. The lowest BCUT2D eigenvalue weighted by atomic mass is 10.2. The Kier molecular flexibility index (Phi) is 4.37. The Morgan fingerprint density at radius 1 is 1.30 bits per heavy atom. The first-order valence-corrected chi connectivity index (χ1v) is 6.31. The van der Waals surface area contributed by atoms with Crippen molar-refractivity contribution in [1.82, 2.24) is 9.97 Å². The third kappa shape index (κ3) is 3.16. The van der Waals surface area contributed by atoms with Gasteiger partial charge in [0.15, 0.2) is 11.5 Å². The Morgan fingerprint density at radius 2 is 2.10 bits per heavy atom. The number of nitrogens with one attached hydrogen (secondary N) is 1. The summed E-state index contributed by atoms with van der Waals surface area (Å²) in [4.78, 5) is 18.3. The first-order valence-electron chi connectivity index (χ1n) is 6.31. The Balaban J connectivity index is 2.34. The number of ether oxygens (including phenoxy) is 2. The molecule has 1 aromatic heterocycles. The molecule has 0 aliphatic carbocycles. The molecule has 2 rings (SSSR count). The minimum Gasteiger partial charge on any atom is -0.493 e. The molecule has 0 radical (unpaired) electrons. The van der Waals surface area contributed by atoms with Crippen LogP contribution in [0.3, 0.4) is 0 Å². The predicted octanol–water partition coefficient (Wildman–Crippen LogP) is 1.59. The zero-order valence-corrected chi connectivity index (χ0v) is 11.5. The lowest BCUT2D eigenvalue weighted by Crippen LogP contribution is -2.10. The van der Waals surface area contributed by atoms with Gasteiger partial charge in [-0.3, -0.25) is 4.79 Å². The molecule has 0 saturated heterocycles. The van der Waals surface area contributed by atoms with Crippen LogP contribution in [0.15, 0.2) is 29.1 Å². The van der Waals surface area contributed by atoms with E-state index in [4.69, 9.17) is 15.2 Å². The fraction of sp³-hybridized carbons (Fsp3) is 0.286. The second-order valence-corrected chi connectivity index (χ2v) is 4.18. The van der Waals surface area contributed by atoms with Gasteiger partial charge in [-0.05, 0) is 17.7 Å². The van der Waals surface area contributed by atoms with Crippen LogP contribution in [0.5, 0.6) is 17.4 Å². The van der Waals surface area contributed by atoms with Crippen molar-refractivity contribution in [2.45, 2.75) is 19.9 Å². The molecule has 0 fully saturated rings. The van der Waals surface area contributed by atoms with Crippen molar-refractivity contribution in [3.8, 4) is 17.4 Å². The van der Waals surface area contributed by atoms with Gasteiger partial charge < -0.3 is 20.2 Å². The van der Waals surface area contributed by atoms with E-state index in [-0.39, 0.29) is 11.4 Å². The average molecular weight is 275 g/mol. The third-order valence-corrected chi connectivity index (χ3v) is 2.78. The average Bonchev–Trinajstić information content (AvgIpc) is 2.47. The van der Waals surface area contributed by atoms with E-state index in [1.165, 1.54) is 6.07 Å². The van der Waals surface area contributed by atoms with Crippen molar-refractivity contribution in [2.75, 3.05) is 7.11 Å². The van der Waals surface area contributed by atoms with Gasteiger partial charge in [0, 0.05) is 13.0 Å². The Bertz CT molecular complexity index is 652. The topological polar surface area (TPSA) is 90.2 Å². The largest absolute Gasteiger partial charge is 0.493 e. The molecule has 0 aliphatic heterocycles. The maximum absolute atomic E-state index is 11.5. The first kappa shape index (κ1) is 14.1. The number of H-pyrrole nitrogens is 1. The molecule has 1 heterocycles. The Morgan fingerprint density at radius 3 is 2.75 bits per heavy atom. The zero-order valence-electron chi connectivity index (χ0n) is 11.5. The van der Waals surface area contributed by atoms with Gasteiger partial charge in [0.1, 0.15) is 5.82 Å². The van der Waals surface area contributed by atoms with Crippen LogP contribution in [0.4, 0.5) is 0 Å². The van der Waals surface area contributed by atoms with Gasteiger partial charge in [0.05, 0.1) is 13.2 Å². The highest BCUT2D eigenvalue weighted by molar-refractivity contribution is 5.44. The number of hydrogen-bond donors (Lipinski definition) is 2. The van der Waals surface area contributed by atoms with E-state index in [1.54, 1.807) is 19.2 Å². The second kappa shape index (κ2) is 6.21. The van der Waals surface area contributed by atoms with Gasteiger partial charge in [-0.2, -0.15) is 4.98 Å². The van der Waals surface area contributed by atoms with Crippen molar-refractivity contribution in [1.29, 1.82) is 0 Å². The van der Waals surface area contributed by atoms with Crippen LogP contribution in [0.25, 0.3) is 0 Å². The molecule has 20 heavy (non-hydrogen) atoms. The summed E-state index contributed by atoms with van der Waals surface area (Å²) < 4.78 is 10.9. The number of nitrogens with two attached hydrogens (primary N) is 1. The van der Waals surface area contributed by atoms with E-state index < -0.39 is 0 Å². The summed E-state index contributed by atoms with van der Waals surface area (Å²) in [5.74, 6) is 1.85. The van der Waals surface area contributed by atoms with Gasteiger partial charge in [-0.15, -0.1) is 0 Å². The van der Waals surface area contributed by atoms with Crippen LogP contribution in [-0.4, -0.2) is 17.1 Å². The number of aryl methyl sites for hydroxylation is 1. The van der Waals surface area contributed by atoms with Crippen molar-refractivity contribution < 1.29 is 9.47 Å². The molecule has 0 aliphatic rings. The predicted molar refractivity (Wildman–Crippen MR) is 75.2 cm³/mol. The zero-order chi connectivity index (χ0) is 14.5. The second-order valence-electron chi connectivity index (χ2n) is 4.18. The minimum atomic E-state index is -0.246. The molecule has 0 atom stereocenters. The summed E-state index contributed by atoms with van der Waals surface area (Å²) in [6.07, 6.45) is 0.621. The molecule has 0 amide bonds. The van der Waals surface area contributed by atoms with Crippen LogP contribution in [0, 0.1) is 0 Å². The molecule has 0 unspecified atom stereocenters. The number of methoxy groups -OCH3 is 1. The number of rotatable bonds is 5. The van der Waals surface area contributed by atoms with Gasteiger partial charge in [0.25, 0.3) is 5.56 Å². The Labute approximate surface area is 116 Å². The van der Waals surface area contributed by atoms with Gasteiger partial charge in [-0.25, -0.2) is 0 Å². The number of hydrogen-bond acceptors (Lipinski definition) is 5. The first-order chi connectivity index (χ1) is 9.66. The lowest BCUT2D eigenvalue weighted by molar-refractivity contribution is 0.372. The summed E-state index contributed by atoms with van der Waals surface area (Å²) in [6.45, 7) is 2.32. The highest BCUT2D eigenvalue weighted by Gasteiger charge is 2.09.